The maximum absolute atomic E-state index is 12.7. The fraction of sp³-hybridized carbons (Fsp3) is 0.978. The number of unbranched alkanes of at least 4 members (excludes halogenated alkanes) is 26. The number of hydrogen-bond donors (Lipinski definition) is 1. The molecule has 0 spiro atoms. The molecule has 0 bridgehead atoms. The fourth-order valence-electron chi connectivity index (χ4n) is 7.11. The number of carbonyl (C=O) groups excluding carboxylic acids is 1. The van der Waals surface area contributed by atoms with E-state index >= 15 is 0 Å². The summed E-state index contributed by atoms with van der Waals surface area (Å²) in [4.78, 5) is 15.1. The second-order valence-electron chi connectivity index (χ2n) is 15.5. The summed E-state index contributed by atoms with van der Waals surface area (Å²) in [7, 11) is 0. The van der Waals surface area contributed by atoms with Gasteiger partial charge in [-0.15, -0.1) is 0 Å². The van der Waals surface area contributed by atoms with Crippen molar-refractivity contribution in [2.75, 3.05) is 39.5 Å². The molecule has 0 amide bonds. The van der Waals surface area contributed by atoms with Crippen LogP contribution in [0.5, 0.6) is 0 Å². The van der Waals surface area contributed by atoms with Gasteiger partial charge in [0.25, 0.3) is 0 Å². The van der Waals surface area contributed by atoms with Gasteiger partial charge in [0.15, 0.2) is 0 Å². The molecule has 0 fully saturated rings. The highest BCUT2D eigenvalue weighted by molar-refractivity contribution is 5.69. The molecule has 0 atom stereocenters. The first-order chi connectivity index (χ1) is 24.7. The SMILES string of the molecule is CCCCCCCCCOCCCCCCCN(CCO)CCCCCCCCCC(=O)OC(CCCCCCCC)CCCCCCCC. The lowest BCUT2D eigenvalue weighted by atomic mass is 10.0. The van der Waals surface area contributed by atoms with Gasteiger partial charge in [-0.2, -0.15) is 0 Å². The lowest BCUT2D eigenvalue weighted by Gasteiger charge is -2.21. The van der Waals surface area contributed by atoms with Crippen molar-refractivity contribution >= 4 is 5.97 Å². The molecular formula is C45H91NO4. The molecule has 0 aliphatic heterocycles. The molecule has 0 heterocycles. The summed E-state index contributed by atoms with van der Waals surface area (Å²) in [5.41, 5.74) is 0. The van der Waals surface area contributed by atoms with Gasteiger partial charge in [-0.1, -0.05) is 175 Å². The Kier molecular flexibility index (Phi) is 42.2. The van der Waals surface area contributed by atoms with E-state index in [0.29, 0.717) is 6.42 Å². The van der Waals surface area contributed by atoms with Crippen LogP contribution in [-0.2, 0) is 14.3 Å². The van der Waals surface area contributed by atoms with E-state index in [-0.39, 0.29) is 18.7 Å². The van der Waals surface area contributed by atoms with E-state index in [9.17, 15) is 9.90 Å². The standard InChI is InChI=1S/C45H91NO4/c1-4-7-10-13-19-26-33-42-49-43-34-27-20-25-32-39-46(40-41-47)38-31-24-18-16-17-23-30-37-45(48)50-44(35-28-21-14-11-8-5-2)36-29-22-15-12-9-6-3/h44,47H,4-43H2,1-3H3. The van der Waals surface area contributed by atoms with Crippen LogP contribution in [0.2, 0.25) is 0 Å². The second kappa shape index (κ2) is 42.8. The molecule has 0 rings (SSSR count). The van der Waals surface area contributed by atoms with Gasteiger partial charge in [0, 0.05) is 26.2 Å². The molecule has 0 aliphatic rings. The minimum atomic E-state index is 0.0408. The van der Waals surface area contributed by atoms with E-state index in [0.717, 1.165) is 58.5 Å². The third-order valence-electron chi connectivity index (χ3n) is 10.5. The first-order valence-electron chi connectivity index (χ1n) is 22.8. The van der Waals surface area contributed by atoms with Crippen LogP contribution >= 0.6 is 0 Å². The Bertz CT molecular complexity index is 629. The van der Waals surface area contributed by atoms with E-state index in [1.54, 1.807) is 0 Å². The van der Waals surface area contributed by atoms with Gasteiger partial charge < -0.3 is 19.5 Å². The van der Waals surface area contributed by atoms with Gasteiger partial charge in [-0.25, -0.2) is 0 Å². The molecule has 0 aromatic carbocycles. The van der Waals surface area contributed by atoms with Gasteiger partial charge in [0.2, 0.25) is 0 Å². The van der Waals surface area contributed by atoms with Crippen molar-refractivity contribution in [3.05, 3.63) is 0 Å². The number of ether oxygens (including phenoxy) is 2. The summed E-state index contributed by atoms with van der Waals surface area (Å²) in [6.07, 6.45) is 42.5. The summed E-state index contributed by atoms with van der Waals surface area (Å²) < 4.78 is 11.9. The minimum Gasteiger partial charge on any atom is -0.462 e. The van der Waals surface area contributed by atoms with Gasteiger partial charge in [0.1, 0.15) is 6.10 Å². The highest BCUT2D eigenvalue weighted by atomic mass is 16.5. The van der Waals surface area contributed by atoms with E-state index in [1.807, 2.05) is 0 Å². The van der Waals surface area contributed by atoms with Crippen molar-refractivity contribution < 1.29 is 19.4 Å². The van der Waals surface area contributed by atoms with Crippen LogP contribution in [0.25, 0.3) is 0 Å². The zero-order valence-corrected chi connectivity index (χ0v) is 34.5. The van der Waals surface area contributed by atoms with E-state index in [2.05, 4.69) is 25.7 Å². The smallest absolute Gasteiger partial charge is 0.306 e. The molecule has 0 aromatic rings. The molecule has 5 nitrogen and oxygen atoms in total. The zero-order valence-electron chi connectivity index (χ0n) is 34.5. The van der Waals surface area contributed by atoms with Crippen molar-refractivity contribution in [2.45, 2.75) is 245 Å². The van der Waals surface area contributed by atoms with E-state index in [4.69, 9.17) is 9.47 Å². The van der Waals surface area contributed by atoms with E-state index in [1.165, 1.54) is 186 Å². The van der Waals surface area contributed by atoms with Crippen LogP contribution in [-0.4, -0.2) is 61.5 Å². The monoisotopic (exact) mass is 710 g/mol. The normalized spacial score (nSPS) is 11.7. The Morgan fingerprint density at radius 2 is 0.820 bits per heavy atom. The number of hydrogen-bond acceptors (Lipinski definition) is 5. The van der Waals surface area contributed by atoms with Gasteiger partial charge in [-0.05, 0) is 70.9 Å². The molecular weight excluding hydrogens is 618 g/mol. The number of aliphatic hydroxyl groups is 1. The van der Waals surface area contributed by atoms with Crippen molar-refractivity contribution in [2.24, 2.45) is 0 Å². The Morgan fingerprint density at radius 1 is 0.460 bits per heavy atom. The third kappa shape index (κ3) is 38.6. The molecule has 0 aromatic heterocycles. The minimum absolute atomic E-state index is 0.0408. The lowest BCUT2D eigenvalue weighted by molar-refractivity contribution is -0.150. The average Bonchev–Trinajstić information content (AvgIpc) is 3.11. The number of aliphatic hydroxyl groups excluding tert-OH is 1. The van der Waals surface area contributed by atoms with Gasteiger partial charge in [-0.3, -0.25) is 4.79 Å². The van der Waals surface area contributed by atoms with Gasteiger partial charge in [0.05, 0.1) is 6.61 Å². The summed E-state index contributed by atoms with van der Waals surface area (Å²) in [5, 5.41) is 9.53. The molecule has 50 heavy (non-hydrogen) atoms. The maximum Gasteiger partial charge on any atom is 0.306 e. The van der Waals surface area contributed by atoms with Crippen LogP contribution in [0.3, 0.4) is 0 Å². The first-order valence-corrected chi connectivity index (χ1v) is 22.8. The predicted molar refractivity (Wildman–Crippen MR) is 218 cm³/mol. The molecule has 0 saturated heterocycles. The van der Waals surface area contributed by atoms with Crippen LogP contribution < -0.4 is 0 Å². The number of nitrogens with zero attached hydrogens (tertiary/aromatic N) is 1. The quantitative estimate of drug-likeness (QED) is 0.0504. The highest BCUT2D eigenvalue weighted by Crippen LogP contribution is 2.18. The Balaban J connectivity index is 3.83. The number of carbonyl (C=O) groups is 1. The lowest BCUT2D eigenvalue weighted by Crippen LogP contribution is -2.29. The number of rotatable bonds is 43. The average molecular weight is 710 g/mol. The van der Waals surface area contributed by atoms with Crippen LogP contribution in [0.15, 0.2) is 0 Å². The van der Waals surface area contributed by atoms with Crippen LogP contribution in [0.4, 0.5) is 0 Å². The Morgan fingerprint density at radius 3 is 1.24 bits per heavy atom. The first kappa shape index (κ1) is 49.4. The molecule has 0 unspecified atom stereocenters. The van der Waals surface area contributed by atoms with Crippen molar-refractivity contribution in [1.82, 2.24) is 4.90 Å². The fourth-order valence-corrected chi connectivity index (χ4v) is 7.11. The predicted octanol–water partition coefficient (Wildman–Crippen LogP) is 13.5. The van der Waals surface area contributed by atoms with Gasteiger partial charge >= 0.3 is 5.97 Å². The Labute approximate surface area is 314 Å². The summed E-state index contributed by atoms with van der Waals surface area (Å²) >= 11 is 0. The van der Waals surface area contributed by atoms with E-state index < -0.39 is 0 Å². The van der Waals surface area contributed by atoms with Crippen molar-refractivity contribution in [3.8, 4) is 0 Å². The molecule has 0 radical (unpaired) electrons. The molecule has 0 saturated carbocycles. The van der Waals surface area contributed by atoms with Crippen molar-refractivity contribution in [1.29, 1.82) is 0 Å². The summed E-state index contributed by atoms with van der Waals surface area (Å²) in [6, 6.07) is 0. The number of esters is 1. The topological polar surface area (TPSA) is 59.0 Å². The summed E-state index contributed by atoms with van der Waals surface area (Å²) in [6.45, 7) is 12.0. The molecule has 300 valence electrons. The second-order valence-corrected chi connectivity index (χ2v) is 15.5. The highest BCUT2D eigenvalue weighted by Gasteiger charge is 2.14. The molecule has 0 aliphatic carbocycles. The molecule has 5 heteroatoms. The largest absolute Gasteiger partial charge is 0.462 e. The Hall–Kier alpha value is -0.650. The maximum atomic E-state index is 12.7. The summed E-state index contributed by atoms with van der Waals surface area (Å²) in [5.74, 6) is 0.0408. The van der Waals surface area contributed by atoms with Crippen molar-refractivity contribution in [3.63, 3.8) is 0 Å². The van der Waals surface area contributed by atoms with Crippen LogP contribution in [0.1, 0.15) is 239 Å². The zero-order chi connectivity index (χ0) is 36.4. The molecule has 1 N–H and O–H groups in total. The third-order valence-corrected chi connectivity index (χ3v) is 10.5. The van der Waals surface area contributed by atoms with Crippen LogP contribution in [0, 0.1) is 0 Å².